The predicted molar refractivity (Wildman–Crippen MR) is 127 cm³/mol. The molecule has 0 spiro atoms. The quantitative estimate of drug-likeness (QED) is 0.620. The standard InChI is InChI=1S/C25H25N5O4/c1-34-19-11-9-18(10-12-19)30-23-20(22(27-30)24(26)32)13-15-29(25(23)33)17-7-5-16(6-8-17)28-14-3-2-4-21(28)31/h5-12H,2-4,13-15H2,1H3,(H2,26,32)/i4D2,9D,10D,11D,12D,15D2. The Kier molecular flexibility index (Phi) is 3.62. The number of amides is 3. The molecule has 5 rings (SSSR count). The maximum absolute atomic E-state index is 14.0. The second-order valence-electron chi connectivity index (χ2n) is 7.56. The smallest absolute Gasteiger partial charge is 0.277 e. The molecule has 0 radical (unpaired) electrons. The van der Waals surface area contributed by atoms with Gasteiger partial charge in [0.2, 0.25) is 5.91 Å². The summed E-state index contributed by atoms with van der Waals surface area (Å²) in [5, 5.41) is 4.06. The lowest BCUT2D eigenvalue weighted by Gasteiger charge is -2.29. The second-order valence-corrected chi connectivity index (χ2v) is 7.56. The molecule has 3 amide bonds. The highest BCUT2D eigenvalue weighted by molar-refractivity contribution is 6.09. The van der Waals surface area contributed by atoms with E-state index < -0.39 is 72.6 Å². The van der Waals surface area contributed by atoms with E-state index in [0.29, 0.717) is 18.7 Å². The van der Waals surface area contributed by atoms with Crippen LogP contribution in [-0.2, 0) is 11.2 Å². The van der Waals surface area contributed by atoms with Crippen LogP contribution in [-0.4, -0.2) is 47.7 Å². The first kappa shape index (κ1) is 14.2. The molecular formula is C25H25N5O4. The number of aromatic nitrogens is 2. The molecule has 0 saturated carbocycles. The van der Waals surface area contributed by atoms with Gasteiger partial charge in [-0.2, -0.15) is 5.10 Å². The third-order valence-electron chi connectivity index (χ3n) is 5.54. The van der Waals surface area contributed by atoms with E-state index in [-0.39, 0.29) is 29.1 Å². The van der Waals surface area contributed by atoms with Gasteiger partial charge in [0.1, 0.15) is 11.4 Å². The summed E-state index contributed by atoms with van der Waals surface area (Å²) in [6.07, 6.45) is -2.01. The number of primary amides is 1. The van der Waals surface area contributed by atoms with Crippen LogP contribution < -0.4 is 20.3 Å². The van der Waals surface area contributed by atoms with Crippen LogP contribution in [0.15, 0.2) is 48.4 Å². The Balaban J connectivity index is 1.64. The molecule has 0 unspecified atom stereocenters. The van der Waals surface area contributed by atoms with Crippen LogP contribution in [0.25, 0.3) is 5.69 Å². The van der Waals surface area contributed by atoms with Gasteiger partial charge >= 0.3 is 0 Å². The minimum absolute atomic E-state index is 0.0644. The summed E-state index contributed by atoms with van der Waals surface area (Å²) < 4.78 is 72.4. The van der Waals surface area contributed by atoms with Crippen LogP contribution in [0, 0.1) is 0 Å². The Labute approximate surface area is 207 Å². The van der Waals surface area contributed by atoms with Gasteiger partial charge in [-0.15, -0.1) is 0 Å². The zero-order valence-corrected chi connectivity index (χ0v) is 18.1. The third-order valence-corrected chi connectivity index (χ3v) is 5.54. The first-order valence-corrected chi connectivity index (χ1v) is 10.5. The molecule has 174 valence electrons. The van der Waals surface area contributed by atoms with Crippen molar-refractivity contribution in [2.75, 3.05) is 30.0 Å². The molecule has 0 atom stereocenters. The van der Waals surface area contributed by atoms with Crippen molar-refractivity contribution >= 4 is 29.1 Å². The lowest BCUT2D eigenvalue weighted by molar-refractivity contribution is -0.119. The summed E-state index contributed by atoms with van der Waals surface area (Å²) in [5.74, 6) is -3.11. The van der Waals surface area contributed by atoms with E-state index in [0.717, 1.165) is 9.58 Å². The second kappa shape index (κ2) is 8.66. The SMILES string of the molecule is [2H]c1c([2H])c(-n2nc(C(N)=O)c3c2C(=O)N(c2ccc(N4CCCC([2H])([2H])C4=O)cc2)C([2H])([2H])C3)c([2H])c([2H])c1OC. The number of benzene rings is 2. The van der Waals surface area contributed by atoms with Gasteiger partial charge in [0, 0.05) is 39.1 Å². The molecule has 2 aliphatic rings. The van der Waals surface area contributed by atoms with Gasteiger partial charge in [-0.25, -0.2) is 4.68 Å². The van der Waals surface area contributed by atoms with Gasteiger partial charge in [-0.05, 0) is 67.7 Å². The number of rotatable bonds is 5. The fourth-order valence-electron chi connectivity index (χ4n) is 3.90. The van der Waals surface area contributed by atoms with E-state index >= 15 is 0 Å². The number of ether oxygens (including phenoxy) is 1. The summed E-state index contributed by atoms with van der Waals surface area (Å²) in [7, 11) is 1.18. The molecule has 3 heterocycles. The molecule has 3 aromatic rings. The van der Waals surface area contributed by atoms with Crippen molar-refractivity contribution in [1.29, 1.82) is 0 Å². The number of carbonyl (C=O) groups excluding carboxylic acids is 3. The van der Waals surface area contributed by atoms with E-state index in [1.807, 2.05) is 0 Å². The lowest BCUT2D eigenvalue weighted by atomic mass is 10.0. The third kappa shape index (κ3) is 3.68. The molecular weight excluding hydrogens is 434 g/mol. The molecule has 1 aromatic heterocycles. The van der Waals surface area contributed by atoms with E-state index in [2.05, 4.69) is 5.10 Å². The number of nitrogens with two attached hydrogens (primary N) is 1. The fraction of sp³-hybridized carbons (Fsp3) is 0.280. The first-order chi connectivity index (χ1) is 19.6. The summed E-state index contributed by atoms with van der Waals surface area (Å²) in [6, 6.07) is 3.38. The summed E-state index contributed by atoms with van der Waals surface area (Å²) in [5.41, 5.74) is 4.49. The van der Waals surface area contributed by atoms with Gasteiger partial charge in [0.05, 0.1) is 21.0 Å². The minimum Gasteiger partial charge on any atom is -0.497 e. The Morgan fingerprint density at radius 2 is 1.74 bits per heavy atom. The summed E-state index contributed by atoms with van der Waals surface area (Å²) >= 11 is 0. The zero-order valence-electron chi connectivity index (χ0n) is 26.1. The molecule has 2 aromatic carbocycles. The van der Waals surface area contributed by atoms with Crippen LogP contribution in [0.5, 0.6) is 5.75 Å². The lowest BCUT2D eigenvalue weighted by Crippen LogP contribution is -2.39. The Morgan fingerprint density at radius 1 is 1.06 bits per heavy atom. The minimum atomic E-state index is -2.41. The molecule has 9 nitrogen and oxygen atoms in total. The number of carbonyl (C=O) groups is 3. The van der Waals surface area contributed by atoms with Gasteiger partial charge in [-0.3, -0.25) is 14.4 Å². The van der Waals surface area contributed by atoms with Crippen LogP contribution in [0.2, 0.25) is 0 Å². The highest BCUT2D eigenvalue weighted by Gasteiger charge is 2.34. The highest BCUT2D eigenvalue weighted by Crippen LogP contribution is 2.31. The van der Waals surface area contributed by atoms with Crippen molar-refractivity contribution in [2.45, 2.75) is 25.6 Å². The predicted octanol–water partition coefficient (Wildman–Crippen LogP) is 2.70. The van der Waals surface area contributed by atoms with Crippen molar-refractivity contribution in [3.8, 4) is 11.4 Å². The largest absolute Gasteiger partial charge is 0.497 e. The van der Waals surface area contributed by atoms with Gasteiger partial charge in [0.25, 0.3) is 11.8 Å². The fourth-order valence-corrected chi connectivity index (χ4v) is 3.90. The highest BCUT2D eigenvalue weighted by atomic mass is 16.5. The van der Waals surface area contributed by atoms with Crippen LogP contribution >= 0.6 is 0 Å². The molecule has 9 heteroatoms. The molecule has 34 heavy (non-hydrogen) atoms. The maximum atomic E-state index is 14.0. The molecule has 1 fully saturated rings. The van der Waals surface area contributed by atoms with E-state index in [1.54, 1.807) is 0 Å². The van der Waals surface area contributed by atoms with Gasteiger partial charge < -0.3 is 20.3 Å². The van der Waals surface area contributed by atoms with Crippen LogP contribution in [0.1, 0.15) is 56.7 Å². The van der Waals surface area contributed by atoms with Crippen LogP contribution in [0.4, 0.5) is 11.4 Å². The molecule has 2 N–H and O–H groups in total. The Morgan fingerprint density at radius 3 is 2.38 bits per heavy atom. The average molecular weight is 468 g/mol. The number of hydrogen-bond acceptors (Lipinski definition) is 5. The topological polar surface area (TPSA) is 111 Å². The Hall–Kier alpha value is -4.14. The van der Waals surface area contributed by atoms with Crippen molar-refractivity contribution in [3.05, 3.63) is 65.4 Å². The first-order valence-electron chi connectivity index (χ1n) is 14.5. The number of piperidine rings is 1. The van der Waals surface area contributed by atoms with Crippen molar-refractivity contribution < 1.29 is 30.1 Å². The average Bonchev–Trinajstić information content (AvgIpc) is 3.28. The molecule has 2 aliphatic heterocycles. The number of fused-ring (bicyclic) bond motifs is 1. The van der Waals surface area contributed by atoms with E-state index in [1.165, 1.54) is 36.3 Å². The summed E-state index contributed by atoms with van der Waals surface area (Å²) in [4.78, 5) is 41.0. The number of hydrogen-bond donors (Lipinski definition) is 1. The Bertz CT molecular complexity index is 1630. The van der Waals surface area contributed by atoms with Gasteiger partial charge in [-0.1, -0.05) is 0 Å². The molecule has 0 bridgehead atoms. The normalized spacial score (nSPS) is 22.3. The number of methoxy groups -OCH3 is 1. The zero-order chi connectivity index (χ0) is 30.9. The number of anilines is 2. The van der Waals surface area contributed by atoms with Gasteiger partial charge in [0.15, 0.2) is 5.69 Å². The van der Waals surface area contributed by atoms with E-state index in [9.17, 15) is 14.4 Å². The molecule has 0 aliphatic carbocycles. The maximum Gasteiger partial charge on any atom is 0.277 e. The monoisotopic (exact) mass is 467 g/mol. The van der Waals surface area contributed by atoms with Crippen molar-refractivity contribution in [2.24, 2.45) is 5.73 Å². The van der Waals surface area contributed by atoms with E-state index in [4.69, 9.17) is 21.4 Å². The molecule has 1 saturated heterocycles. The van der Waals surface area contributed by atoms with Crippen molar-refractivity contribution in [1.82, 2.24) is 9.78 Å². The van der Waals surface area contributed by atoms with Crippen LogP contribution in [0.3, 0.4) is 0 Å². The number of nitrogens with zero attached hydrogens (tertiary/aromatic N) is 4. The summed E-state index contributed by atoms with van der Waals surface area (Å²) in [6.45, 7) is -2.11. The van der Waals surface area contributed by atoms with Crippen molar-refractivity contribution in [3.63, 3.8) is 0 Å².